The largest absolute Gasteiger partial charge is 0.312 e. The average Bonchev–Trinajstić information content (AvgIpc) is 2.28. The minimum Gasteiger partial charge on any atom is -0.312 e. The van der Waals surface area contributed by atoms with Gasteiger partial charge in [0.1, 0.15) is 0 Å². The van der Waals surface area contributed by atoms with Crippen molar-refractivity contribution in [2.45, 2.75) is 18.5 Å². The highest BCUT2D eigenvalue weighted by Crippen LogP contribution is 2.19. The Morgan fingerprint density at radius 2 is 1.60 bits per heavy atom. The molecule has 2 rings (SSSR count). The van der Waals surface area contributed by atoms with Crippen molar-refractivity contribution in [3.05, 3.63) is 0 Å². The van der Waals surface area contributed by atoms with Gasteiger partial charge in [0, 0.05) is 23.6 Å². The highest BCUT2D eigenvalue weighted by Gasteiger charge is 2.27. The van der Waals surface area contributed by atoms with Gasteiger partial charge in [-0.2, -0.15) is 11.8 Å². The summed E-state index contributed by atoms with van der Waals surface area (Å²) in [5.74, 6) is 2.61. The van der Waals surface area contributed by atoms with Crippen molar-refractivity contribution in [3.8, 4) is 0 Å². The van der Waals surface area contributed by atoms with E-state index in [0.29, 0.717) is 0 Å². The fraction of sp³-hybridized carbons (Fsp3) is 1.00. The summed E-state index contributed by atoms with van der Waals surface area (Å²) >= 11 is 2.06. The first-order valence-electron chi connectivity index (χ1n) is 4.01. The van der Waals surface area contributed by atoms with E-state index < -0.39 is 0 Å². The molecular weight excluding hydrogens is 144 g/mol. The maximum Gasteiger partial charge on any atom is 0.0319 e. The third-order valence-electron chi connectivity index (χ3n) is 2.25. The van der Waals surface area contributed by atoms with Gasteiger partial charge in [-0.25, -0.2) is 0 Å². The van der Waals surface area contributed by atoms with Crippen molar-refractivity contribution in [1.29, 1.82) is 0 Å². The van der Waals surface area contributed by atoms with Crippen molar-refractivity contribution < 1.29 is 0 Å². The molecule has 2 fully saturated rings. The van der Waals surface area contributed by atoms with Crippen LogP contribution in [0.3, 0.4) is 0 Å². The molecule has 2 aliphatic rings. The number of nitrogens with one attached hydrogen (secondary N) is 2. The van der Waals surface area contributed by atoms with E-state index in [1.54, 1.807) is 0 Å². The molecule has 10 heavy (non-hydrogen) atoms. The monoisotopic (exact) mass is 158 g/mol. The SMILES string of the molecule is C1CNC2CSCC2NC1. The fourth-order valence-corrected chi connectivity index (χ4v) is 2.96. The van der Waals surface area contributed by atoms with Crippen LogP contribution >= 0.6 is 11.8 Å². The third kappa shape index (κ3) is 1.31. The molecule has 0 radical (unpaired) electrons. The van der Waals surface area contributed by atoms with Gasteiger partial charge < -0.3 is 10.6 Å². The van der Waals surface area contributed by atoms with Crippen LogP contribution in [0.2, 0.25) is 0 Å². The first-order valence-corrected chi connectivity index (χ1v) is 5.17. The molecule has 2 N–H and O–H groups in total. The van der Waals surface area contributed by atoms with Gasteiger partial charge in [-0.15, -0.1) is 0 Å². The zero-order valence-electron chi connectivity index (χ0n) is 6.10. The normalized spacial score (nSPS) is 40.8. The molecule has 2 unspecified atom stereocenters. The lowest BCUT2D eigenvalue weighted by Crippen LogP contribution is -2.43. The van der Waals surface area contributed by atoms with Crippen LogP contribution < -0.4 is 10.6 Å². The number of fused-ring (bicyclic) bond motifs is 1. The number of hydrogen-bond acceptors (Lipinski definition) is 3. The fourth-order valence-electron chi connectivity index (χ4n) is 1.62. The smallest absolute Gasteiger partial charge is 0.0319 e. The zero-order chi connectivity index (χ0) is 6.81. The molecule has 2 aliphatic heterocycles. The molecular formula is C7H14N2S. The molecule has 0 spiro atoms. The van der Waals surface area contributed by atoms with Gasteiger partial charge in [0.2, 0.25) is 0 Å². The standard InChI is InChI=1S/C7H14N2S/c1-2-8-6-4-10-5-7(6)9-3-1/h6-9H,1-5H2. The van der Waals surface area contributed by atoms with Gasteiger partial charge in [-0.05, 0) is 19.5 Å². The predicted molar refractivity (Wildman–Crippen MR) is 45.5 cm³/mol. The predicted octanol–water partition coefficient (Wildman–Crippen LogP) is 0.0533. The van der Waals surface area contributed by atoms with Crippen LogP contribution in [-0.2, 0) is 0 Å². The molecule has 0 aliphatic carbocycles. The Labute approximate surface area is 66.1 Å². The summed E-state index contributed by atoms with van der Waals surface area (Å²) in [6.07, 6.45) is 1.29. The molecule has 0 aromatic rings. The third-order valence-corrected chi connectivity index (χ3v) is 3.44. The summed E-state index contributed by atoms with van der Waals surface area (Å²) in [5.41, 5.74) is 0. The van der Waals surface area contributed by atoms with Crippen molar-refractivity contribution in [3.63, 3.8) is 0 Å². The lowest BCUT2D eigenvalue weighted by molar-refractivity contribution is 0.488. The quantitative estimate of drug-likeness (QED) is 0.521. The average molecular weight is 158 g/mol. The van der Waals surface area contributed by atoms with E-state index in [4.69, 9.17) is 0 Å². The van der Waals surface area contributed by atoms with Crippen molar-refractivity contribution in [2.75, 3.05) is 24.6 Å². The van der Waals surface area contributed by atoms with Gasteiger partial charge >= 0.3 is 0 Å². The maximum atomic E-state index is 3.56. The molecule has 58 valence electrons. The van der Waals surface area contributed by atoms with Crippen LogP contribution in [0.25, 0.3) is 0 Å². The van der Waals surface area contributed by atoms with E-state index in [1.807, 2.05) is 0 Å². The van der Waals surface area contributed by atoms with E-state index in [-0.39, 0.29) is 0 Å². The van der Waals surface area contributed by atoms with Crippen LogP contribution in [0.4, 0.5) is 0 Å². The van der Waals surface area contributed by atoms with Crippen LogP contribution in [0.15, 0.2) is 0 Å². The van der Waals surface area contributed by atoms with E-state index in [9.17, 15) is 0 Å². The summed E-state index contributed by atoms with van der Waals surface area (Å²) in [6, 6.07) is 1.51. The molecule has 0 saturated carbocycles. The molecule has 0 bridgehead atoms. The Kier molecular flexibility index (Phi) is 2.16. The van der Waals surface area contributed by atoms with E-state index in [2.05, 4.69) is 22.4 Å². The lowest BCUT2D eigenvalue weighted by Gasteiger charge is -2.15. The van der Waals surface area contributed by atoms with Gasteiger partial charge in [-0.1, -0.05) is 0 Å². The minimum absolute atomic E-state index is 0.757. The van der Waals surface area contributed by atoms with Gasteiger partial charge in [-0.3, -0.25) is 0 Å². The number of rotatable bonds is 0. The molecule has 3 heteroatoms. The highest BCUT2D eigenvalue weighted by molar-refractivity contribution is 7.99. The molecule has 2 saturated heterocycles. The second-order valence-corrected chi connectivity index (χ2v) is 4.09. The van der Waals surface area contributed by atoms with Crippen molar-refractivity contribution in [1.82, 2.24) is 10.6 Å². The van der Waals surface area contributed by atoms with Crippen LogP contribution in [0.5, 0.6) is 0 Å². The van der Waals surface area contributed by atoms with E-state index in [0.717, 1.165) is 12.1 Å². The zero-order valence-corrected chi connectivity index (χ0v) is 6.91. The van der Waals surface area contributed by atoms with Gasteiger partial charge in [0.05, 0.1) is 0 Å². The van der Waals surface area contributed by atoms with E-state index >= 15 is 0 Å². The summed E-state index contributed by atoms with van der Waals surface area (Å²) in [7, 11) is 0. The molecule has 0 aromatic heterocycles. The van der Waals surface area contributed by atoms with Gasteiger partial charge in [0.15, 0.2) is 0 Å². The second-order valence-electron chi connectivity index (χ2n) is 3.01. The molecule has 0 aromatic carbocycles. The Morgan fingerprint density at radius 3 is 2.20 bits per heavy atom. The summed E-state index contributed by atoms with van der Waals surface area (Å²) in [6.45, 7) is 2.41. The maximum absolute atomic E-state index is 3.56. The Bertz CT molecular complexity index is 106. The minimum atomic E-state index is 0.757. The molecule has 2 nitrogen and oxygen atoms in total. The second kappa shape index (κ2) is 3.11. The van der Waals surface area contributed by atoms with Crippen molar-refractivity contribution >= 4 is 11.8 Å². The van der Waals surface area contributed by atoms with Crippen LogP contribution in [0.1, 0.15) is 6.42 Å². The summed E-state index contributed by atoms with van der Waals surface area (Å²) in [4.78, 5) is 0. The van der Waals surface area contributed by atoms with Crippen molar-refractivity contribution in [2.24, 2.45) is 0 Å². The molecule has 0 amide bonds. The molecule has 2 heterocycles. The number of thioether (sulfide) groups is 1. The first kappa shape index (κ1) is 6.95. The summed E-state index contributed by atoms with van der Waals surface area (Å²) < 4.78 is 0. The Hall–Kier alpha value is 0.270. The Balaban J connectivity index is 1.95. The Morgan fingerprint density at radius 1 is 1.00 bits per heavy atom. The van der Waals surface area contributed by atoms with Crippen LogP contribution in [0, 0.1) is 0 Å². The van der Waals surface area contributed by atoms with E-state index in [1.165, 1.54) is 31.0 Å². The van der Waals surface area contributed by atoms with Gasteiger partial charge in [0.25, 0.3) is 0 Å². The number of hydrogen-bond donors (Lipinski definition) is 2. The lowest BCUT2D eigenvalue weighted by atomic mass is 10.2. The van der Waals surface area contributed by atoms with Crippen LogP contribution in [-0.4, -0.2) is 36.7 Å². The topological polar surface area (TPSA) is 24.1 Å². The highest BCUT2D eigenvalue weighted by atomic mass is 32.2. The summed E-state index contributed by atoms with van der Waals surface area (Å²) in [5, 5.41) is 7.12. The molecule has 2 atom stereocenters. The first-order chi connectivity index (χ1) is 4.97.